The van der Waals surface area contributed by atoms with E-state index in [1.807, 2.05) is 35.2 Å². The number of pyridine rings is 1. The molecule has 1 aliphatic heterocycles. The van der Waals surface area contributed by atoms with Crippen molar-refractivity contribution in [1.82, 2.24) is 9.88 Å². The van der Waals surface area contributed by atoms with Crippen molar-refractivity contribution in [2.45, 2.75) is 52.0 Å². The molecule has 2 heterocycles. The Bertz CT molecular complexity index is 1290. The van der Waals surface area contributed by atoms with E-state index in [1.54, 1.807) is 18.3 Å². The molecule has 3 amide bonds. The van der Waals surface area contributed by atoms with Crippen LogP contribution in [0, 0.1) is 5.92 Å². The number of benzene rings is 2. The Morgan fingerprint density at radius 2 is 1.78 bits per heavy atom. The third-order valence-electron chi connectivity index (χ3n) is 6.62. The second-order valence-corrected chi connectivity index (χ2v) is 10.6. The first-order chi connectivity index (χ1) is 17.2. The smallest absolute Gasteiger partial charge is 0.322 e. The molecule has 1 saturated carbocycles. The highest BCUT2D eigenvalue weighted by molar-refractivity contribution is 5.93. The van der Waals surface area contributed by atoms with Crippen LogP contribution in [0.3, 0.4) is 0 Å². The lowest BCUT2D eigenvalue weighted by molar-refractivity contribution is -0.117. The van der Waals surface area contributed by atoms with E-state index < -0.39 is 0 Å². The summed E-state index contributed by atoms with van der Waals surface area (Å²) in [5.41, 5.74) is 4.27. The maximum atomic E-state index is 13.0. The Labute approximate surface area is 211 Å². The van der Waals surface area contributed by atoms with Gasteiger partial charge in [0.1, 0.15) is 17.3 Å². The van der Waals surface area contributed by atoms with Crippen molar-refractivity contribution < 1.29 is 14.3 Å². The van der Waals surface area contributed by atoms with Crippen LogP contribution in [0.4, 0.5) is 16.3 Å². The zero-order chi connectivity index (χ0) is 25.3. The van der Waals surface area contributed by atoms with Crippen LogP contribution < -0.4 is 15.4 Å². The summed E-state index contributed by atoms with van der Waals surface area (Å²) in [5, 5.41) is 5.91. The highest BCUT2D eigenvalue weighted by Crippen LogP contribution is 2.31. The number of hydrogen-bond donors (Lipinski definition) is 2. The van der Waals surface area contributed by atoms with Crippen LogP contribution in [0.15, 0.2) is 60.8 Å². The summed E-state index contributed by atoms with van der Waals surface area (Å²) in [6, 6.07) is 17.4. The molecule has 2 aliphatic rings. The molecule has 2 N–H and O–H groups in total. The van der Waals surface area contributed by atoms with E-state index in [0.717, 1.165) is 30.5 Å². The van der Waals surface area contributed by atoms with E-state index in [9.17, 15) is 9.59 Å². The molecule has 36 heavy (non-hydrogen) atoms. The van der Waals surface area contributed by atoms with Crippen LogP contribution in [0.5, 0.6) is 11.5 Å². The molecule has 1 fully saturated rings. The van der Waals surface area contributed by atoms with E-state index in [-0.39, 0.29) is 23.3 Å². The zero-order valence-electron chi connectivity index (χ0n) is 21.0. The fourth-order valence-electron chi connectivity index (χ4n) is 4.29. The van der Waals surface area contributed by atoms with Gasteiger partial charge in [-0.2, -0.15) is 0 Å². The Kier molecular flexibility index (Phi) is 6.39. The lowest BCUT2D eigenvalue weighted by Crippen LogP contribution is -2.38. The van der Waals surface area contributed by atoms with E-state index in [2.05, 4.69) is 48.5 Å². The highest BCUT2D eigenvalue weighted by atomic mass is 16.5. The summed E-state index contributed by atoms with van der Waals surface area (Å²) in [6.07, 6.45) is 4.29. The van der Waals surface area contributed by atoms with E-state index in [1.165, 1.54) is 11.1 Å². The molecule has 3 aromatic rings. The molecular formula is C29H32N4O3. The average Bonchev–Trinajstić information content (AvgIpc) is 3.69. The molecule has 2 aromatic carbocycles. The first-order valence-electron chi connectivity index (χ1n) is 12.5. The van der Waals surface area contributed by atoms with Gasteiger partial charge in [-0.3, -0.25) is 4.79 Å². The van der Waals surface area contributed by atoms with Gasteiger partial charge >= 0.3 is 6.03 Å². The van der Waals surface area contributed by atoms with Crippen molar-refractivity contribution in [3.8, 4) is 11.5 Å². The number of urea groups is 1. The Morgan fingerprint density at radius 3 is 2.56 bits per heavy atom. The van der Waals surface area contributed by atoms with Crippen molar-refractivity contribution in [2.24, 2.45) is 5.92 Å². The predicted molar refractivity (Wildman–Crippen MR) is 140 cm³/mol. The van der Waals surface area contributed by atoms with Crippen molar-refractivity contribution in [3.05, 3.63) is 77.5 Å². The van der Waals surface area contributed by atoms with Gasteiger partial charge in [-0.1, -0.05) is 39.0 Å². The van der Waals surface area contributed by atoms with Gasteiger partial charge in [0.2, 0.25) is 5.91 Å². The molecule has 5 rings (SSSR count). The highest BCUT2D eigenvalue weighted by Gasteiger charge is 2.30. The van der Waals surface area contributed by atoms with Crippen molar-refractivity contribution in [2.75, 3.05) is 17.2 Å². The van der Waals surface area contributed by atoms with Crippen LogP contribution in [-0.4, -0.2) is 28.4 Å². The number of fused-ring (bicyclic) bond motifs is 1. The quantitative estimate of drug-likeness (QED) is 0.458. The van der Waals surface area contributed by atoms with Gasteiger partial charge in [0, 0.05) is 37.0 Å². The number of carbonyl (C=O) groups is 2. The average molecular weight is 485 g/mol. The van der Waals surface area contributed by atoms with Gasteiger partial charge in [-0.25, -0.2) is 9.78 Å². The maximum absolute atomic E-state index is 13.0. The van der Waals surface area contributed by atoms with Gasteiger partial charge < -0.3 is 20.3 Å². The number of nitrogens with zero attached hydrogens (tertiary/aromatic N) is 2. The second kappa shape index (κ2) is 9.64. The normalized spacial score (nSPS) is 15.1. The van der Waals surface area contributed by atoms with Crippen molar-refractivity contribution >= 4 is 23.4 Å². The first kappa shape index (κ1) is 23.9. The van der Waals surface area contributed by atoms with Crippen molar-refractivity contribution in [3.63, 3.8) is 0 Å². The molecule has 0 radical (unpaired) electrons. The number of carbonyl (C=O) groups excluding carboxylic acids is 2. The van der Waals surface area contributed by atoms with Gasteiger partial charge in [0.25, 0.3) is 0 Å². The van der Waals surface area contributed by atoms with Crippen LogP contribution in [0.25, 0.3) is 0 Å². The Balaban J connectivity index is 1.24. The summed E-state index contributed by atoms with van der Waals surface area (Å²) in [4.78, 5) is 31.1. The number of rotatable bonds is 5. The monoisotopic (exact) mass is 484 g/mol. The summed E-state index contributed by atoms with van der Waals surface area (Å²) in [7, 11) is 0. The summed E-state index contributed by atoms with van der Waals surface area (Å²) in [6.45, 7) is 7.65. The molecule has 0 atom stereocenters. The van der Waals surface area contributed by atoms with E-state index in [4.69, 9.17) is 4.74 Å². The molecule has 7 heteroatoms. The summed E-state index contributed by atoms with van der Waals surface area (Å²) < 4.78 is 6.07. The topological polar surface area (TPSA) is 83.6 Å². The van der Waals surface area contributed by atoms with E-state index >= 15 is 0 Å². The Morgan fingerprint density at radius 1 is 0.972 bits per heavy atom. The van der Waals surface area contributed by atoms with Crippen molar-refractivity contribution in [1.29, 1.82) is 0 Å². The van der Waals surface area contributed by atoms with Crippen LogP contribution in [0.2, 0.25) is 0 Å². The predicted octanol–water partition coefficient (Wildman–Crippen LogP) is 6.11. The number of nitrogens with one attached hydrogen (secondary N) is 2. The lowest BCUT2D eigenvalue weighted by atomic mass is 9.87. The first-order valence-corrected chi connectivity index (χ1v) is 12.5. The molecule has 0 spiro atoms. The number of hydrogen-bond acceptors (Lipinski definition) is 4. The maximum Gasteiger partial charge on any atom is 0.322 e. The van der Waals surface area contributed by atoms with Gasteiger partial charge in [-0.05, 0) is 71.7 Å². The fourth-order valence-corrected chi connectivity index (χ4v) is 4.29. The zero-order valence-corrected chi connectivity index (χ0v) is 21.0. The molecule has 1 aromatic heterocycles. The molecule has 0 bridgehead atoms. The molecule has 186 valence electrons. The second-order valence-electron chi connectivity index (χ2n) is 10.6. The number of anilines is 2. The van der Waals surface area contributed by atoms with Crippen LogP contribution in [0.1, 0.15) is 50.3 Å². The summed E-state index contributed by atoms with van der Waals surface area (Å²) >= 11 is 0. The van der Waals surface area contributed by atoms with Gasteiger partial charge in [0.15, 0.2) is 0 Å². The fraction of sp³-hybridized carbons (Fsp3) is 0.345. The minimum Gasteiger partial charge on any atom is -0.457 e. The molecule has 7 nitrogen and oxygen atoms in total. The molecule has 1 aliphatic carbocycles. The Hall–Kier alpha value is -3.87. The van der Waals surface area contributed by atoms with Gasteiger partial charge in [0.05, 0.1) is 0 Å². The van der Waals surface area contributed by atoms with Crippen LogP contribution >= 0.6 is 0 Å². The summed E-state index contributed by atoms with van der Waals surface area (Å²) in [5.74, 6) is 1.89. The largest absolute Gasteiger partial charge is 0.457 e. The molecule has 0 unspecified atom stereocenters. The standard InChI is InChI=1S/C29H32N4O3/c1-29(2,3)22-5-4-6-23(16-22)31-28(35)33-14-12-19-9-10-24(15-21(19)18-33)36-25-11-13-30-26(17-25)32-27(34)20-7-8-20/h4-6,9-11,13,15-17,20H,7-8,12,14,18H2,1-3H3,(H,31,35)(H,30,32,34). The minimum absolute atomic E-state index is 0.0110. The third-order valence-corrected chi connectivity index (χ3v) is 6.62. The van der Waals surface area contributed by atoms with Crippen LogP contribution in [-0.2, 0) is 23.2 Å². The number of amides is 3. The third kappa shape index (κ3) is 5.67. The van der Waals surface area contributed by atoms with E-state index in [0.29, 0.717) is 30.4 Å². The lowest BCUT2D eigenvalue weighted by Gasteiger charge is -2.29. The minimum atomic E-state index is -0.108. The van der Waals surface area contributed by atoms with Gasteiger partial charge in [-0.15, -0.1) is 0 Å². The molecular weight excluding hydrogens is 452 g/mol. The number of aromatic nitrogens is 1. The SMILES string of the molecule is CC(C)(C)c1cccc(NC(=O)N2CCc3ccc(Oc4ccnc(NC(=O)C5CC5)c4)cc3C2)c1. The number of ether oxygens (including phenoxy) is 1. The molecule has 0 saturated heterocycles.